The van der Waals surface area contributed by atoms with Crippen LogP contribution >= 0.6 is 11.3 Å². The summed E-state index contributed by atoms with van der Waals surface area (Å²) >= 11 is 1.12. The fourth-order valence-electron chi connectivity index (χ4n) is 3.43. The number of hydrogen-bond acceptors (Lipinski definition) is 4. The smallest absolute Gasteiger partial charge is 0.232 e. The molecule has 2 heterocycles. The maximum Gasteiger partial charge on any atom is 0.232 e. The summed E-state index contributed by atoms with van der Waals surface area (Å²) in [6, 6.07) is 5.60. The van der Waals surface area contributed by atoms with Crippen molar-refractivity contribution in [1.82, 2.24) is 4.98 Å². The SMILES string of the molecule is O=C(C1CCCCC1)N(Cc1ccco1)c1nc2c(F)cc(F)cc2s1. The second-order valence-electron chi connectivity index (χ2n) is 6.57. The molecular weight excluding hydrogens is 358 g/mol. The number of amides is 1. The normalized spacial score (nSPS) is 15.5. The number of benzene rings is 1. The number of carbonyl (C=O) groups excluding carboxylic acids is 1. The van der Waals surface area contributed by atoms with E-state index in [-0.39, 0.29) is 23.9 Å². The Bertz CT molecular complexity index is 917. The number of nitrogens with zero attached hydrogens (tertiary/aromatic N) is 2. The van der Waals surface area contributed by atoms with E-state index in [1.54, 1.807) is 23.3 Å². The van der Waals surface area contributed by atoms with Crippen LogP contribution in [0.15, 0.2) is 34.9 Å². The lowest BCUT2D eigenvalue weighted by atomic mass is 9.88. The Hall–Kier alpha value is -2.28. The van der Waals surface area contributed by atoms with E-state index in [4.69, 9.17) is 4.42 Å². The van der Waals surface area contributed by atoms with Gasteiger partial charge < -0.3 is 4.42 Å². The largest absolute Gasteiger partial charge is 0.467 e. The van der Waals surface area contributed by atoms with Gasteiger partial charge in [-0.05, 0) is 31.0 Å². The highest BCUT2D eigenvalue weighted by Crippen LogP contribution is 2.34. The van der Waals surface area contributed by atoms with Crippen molar-refractivity contribution < 1.29 is 18.0 Å². The molecule has 1 amide bonds. The molecule has 0 bridgehead atoms. The minimum Gasteiger partial charge on any atom is -0.467 e. The molecule has 1 fully saturated rings. The quantitative estimate of drug-likeness (QED) is 0.622. The standard InChI is InChI=1S/C19H18F2N2O2S/c20-13-9-15(21)17-16(10-13)26-19(22-17)23(11-14-7-4-8-25-14)18(24)12-5-2-1-3-6-12/h4,7-10,12H,1-3,5-6,11H2. The topological polar surface area (TPSA) is 46.3 Å². The number of fused-ring (bicyclic) bond motifs is 1. The zero-order valence-electron chi connectivity index (χ0n) is 14.1. The van der Waals surface area contributed by atoms with E-state index in [1.165, 1.54) is 6.07 Å². The van der Waals surface area contributed by atoms with Crippen LogP contribution < -0.4 is 4.90 Å². The average molecular weight is 376 g/mol. The van der Waals surface area contributed by atoms with Crippen LogP contribution in [0.2, 0.25) is 0 Å². The van der Waals surface area contributed by atoms with E-state index >= 15 is 0 Å². The van der Waals surface area contributed by atoms with E-state index in [2.05, 4.69) is 4.98 Å². The van der Waals surface area contributed by atoms with Crippen LogP contribution in [0.3, 0.4) is 0 Å². The van der Waals surface area contributed by atoms with E-state index in [1.807, 2.05) is 0 Å². The summed E-state index contributed by atoms with van der Waals surface area (Å²) in [5.74, 6) is -0.833. The van der Waals surface area contributed by atoms with Crippen LogP contribution in [-0.4, -0.2) is 10.9 Å². The lowest BCUT2D eigenvalue weighted by molar-refractivity contribution is -0.123. The van der Waals surface area contributed by atoms with Gasteiger partial charge in [-0.3, -0.25) is 9.69 Å². The van der Waals surface area contributed by atoms with Crippen molar-refractivity contribution in [2.75, 3.05) is 4.90 Å². The molecular formula is C19H18F2N2O2S. The first-order valence-electron chi connectivity index (χ1n) is 8.71. The number of hydrogen-bond donors (Lipinski definition) is 0. The van der Waals surface area contributed by atoms with Crippen LogP contribution in [0.1, 0.15) is 37.9 Å². The van der Waals surface area contributed by atoms with Crippen molar-refractivity contribution in [3.05, 3.63) is 47.9 Å². The molecule has 1 aromatic carbocycles. The van der Waals surface area contributed by atoms with Crippen molar-refractivity contribution in [1.29, 1.82) is 0 Å². The second kappa shape index (κ2) is 7.15. The Morgan fingerprint density at radius 3 is 2.81 bits per heavy atom. The minimum atomic E-state index is -0.717. The van der Waals surface area contributed by atoms with Gasteiger partial charge in [0.15, 0.2) is 10.9 Å². The van der Waals surface area contributed by atoms with Crippen LogP contribution in [0.4, 0.5) is 13.9 Å². The Kier molecular flexibility index (Phi) is 4.72. The molecule has 4 nitrogen and oxygen atoms in total. The molecule has 1 saturated carbocycles. The summed E-state index contributed by atoms with van der Waals surface area (Å²) in [7, 11) is 0. The molecule has 26 heavy (non-hydrogen) atoms. The molecule has 0 saturated heterocycles. The first-order chi connectivity index (χ1) is 12.6. The fourth-order valence-corrected chi connectivity index (χ4v) is 4.44. The molecule has 136 valence electrons. The first kappa shape index (κ1) is 17.1. The molecule has 0 spiro atoms. The Morgan fingerprint density at radius 2 is 2.08 bits per heavy atom. The average Bonchev–Trinajstić information content (AvgIpc) is 3.29. The minimum absolute atomic E-state index is 0.0268. The van der Waals surface area contributed by atoms with Gasteiger partial charge >= 0.3 is 0 Å². The van der Waals surface area contributed by atoms with Crippen molar-refractivity contribution >= 4 is 32.6 Å². The third-order valence-electron chi connectivity index (χ3n) is 4.75. The van der Waals surface area contributed by atoms with Crippen LogP contribution in [0.25, 0.3) is 10.2 Å². The van der Waals surface area contributed by atoms with Crippen molar-refractivity contribution in [3.63, 3.8) is 0 Å². The fraction of sp³-hybridized carbons (Fsp3) is 0.368. The summed E-state index contributed by atoms with van der Waals surface area (Å²) in [6.45, 7) is 0.228. The highest BCUT2D eigenvalue weighted by Gasteiger charge is 2.29. The number of thiazole rings is 1. The van der Waals surface area contributed by atoms with Gasteiger partial charge in [0.25, 0.3) is 0 Å². The summed E-state index contributed by atoms with van der Waals surface area (Å²) in [5.41, 5.74) is 0.0901. The molecule has 1 aliphatic rings. The maximum atomic E-state index is 14.0. The molecule has 3 aromatic rings. The van der Waals surface area contributed by atoms with Gasteiger partial charge in [-0.2, -0.15) is 0 Å². The summed E-state index contributed by atoms with van der Waals surface area (Å²) < 4.78 is 33.3. The third kappa shape index (κ3) is 3.35. The second-order valence-corrected chi connectivity index (χ2v) is 7.58. The summed E-state index contributed by atoms with van der Waals surface area (Å²) in [5, 5.41) is 0.372. The Labute approximate surface area is 153 Å². The highest BCUT2D eigenvalue weighted by molar-refractivity contribution is 7.22. The monoisotopic (exact) mass is 376 g/mol. The van der Waals surface area contributed by atoms with Gasteiger partial charge in [0.1, 0.15) is 17.1 Å². The van der Waals surface area contributed by atoms with Crippen molar-refractivity contribution in [3.8, 4) is 0 Å². The zero-order chi connectivity index (χ0) is 18.1. The van der Waals surface area contributed by atoms with E-state index in [0.29, 0.717) is 15.6 Å². The molecule has 0 atom stereocenters. The number of anilines is 1. The third-order valence-corrected chi connectivity index (χ3v) is 5.77. The number of halogens is 2. The van der Waals surface area contributed by atoms with Crippen LogP contribution in [0, 0.1) is 17.6 Å². The van der Waals surface area contributed by atoms with Crippen LogP contribution in [-0.2, 0) is 11.3 Å². The van der Waals surface area contributed by atoms with Gasteiger partial charge in [-0.15, -0.1) is 0 Å². The van der Waals surface area contributed by atoms with Gasteiger partial charge in [0.05, 0.1) is 17.5 Å². The van der Waals surface area contributed by atoms with Gasteiger partial charge in [-0.1, -0.05) is 30.6 Å². The Morgan fingerprint density at radius 1 is 1.27 bits per heavy atom. The first-order valence-corrected chi connectivity index (χ1v) is 9.53. The highest BCUT2D eigenvalue weighted by atomic mass is 32.1. The molecule has 0 N–H and O–H groups in total. The van der Waals surface area contributed by atoms with Gasteiger partial charge in [0, 0.05) is 12.0 Å². The Balaban J connectivity index is 1.72. The number of carbonyl (C=O) groups is 1. The van der Waals surface area contributed by atoms with E-state index in [0.717, 1.165) is 49.5 Å². The number of rotatable bonds is 4. The van der Waals surface area contributed by atoms with Crippen LogP contribution in [0.5, 0.6) is 0 Å². The summed E-state index contributed by atoms with van der Waals surface area (Å²) in [6.07, 6.45) is 6.46. The van der Waals surface area contributed by atoms with Crippen molar-refractivity contribution in [2.24, 2.45) is 5.92 Å². The number of aromatic nitrogens is 1. The van der Waals surface area contributed by atoms with Gasteiger partial charge in [-0.25, -0.2) is 13.8 Å². The molecule has 2 aromatic heterocycles. The predicted octanol–water partition coefficient (Wildman–Crippen LogP) is 5.28. The van der Waals surface area contributed by atoms with Gasteiger partial charge in [0.2, 0.25) is 5.91 Å². The number of furan rings is 1. The van der Waals surface area contributed by atoms with Crippen molar-refractivity contribution in [2.45, 2.75) is 38.6 Å². The zero-order valence-corrected chi connectivity index (χ0v) is 14.9. The molecule has 0 radical (unpaired) electrons. The molecule has 4 rings (SSSR count). The van der Waals surface area contributed by atoms with E-state index < -0.39 is 11.6 Å². The summed E-state index contributed by atoms with van der Waals surface area (Å²) in [4.78, 5) is 19.0. The lowest BCUT2D eigenvalue weighted by Gasteiger charge is -2.27. The molecule has 7 heteroatoms. The molecule has 0 unspecified atom stereocenters. The maximum absolute atomic E-state index is 14.0. The molecule has 1 aliphatic carbocycles. The lowest BCUT2D eigenvalue weighted by Crippen LogP contribution is -2.36. The molecule has 0 aliphatic heterocycles. The van der Waals surface area contributed by atoms with E-state index in [9.17, 15) is 13.6 Å². The predicted molar refractivity (Wildman–Crippen MR) is 96.0 cm³/mol.